The van der Waals surface area contributed by atoms with Gasteiger partial charge < -0.3 is 40.5 Å². The van der Waals surface area contributed by atoms with E-state index in [9.17, 15) is 22.8 Å². The number of H-pyrrole nitrogens is 1. The van der Waals surface area contributed by atoms with Gasteiger partial charge in [-0.1, -0.05) is 51.1 Å². The van der Waals surface area contributed by atoms with Crippen LogP contribution in [0.15, 0.2) is 78.2 Å². The molecule has 2 unspecified atom stereocenters. The summed E-state index contributed by atoms with van der Waals surface area (Å²) >= 11 is 0. The van der Waals surface area contributed by atoms with Gasteiger partial charge in [0.05, 0.1) is 29.0 Å². The predicted octanol–water partition coefficient (Wildman–Crippen LogP) is 7.75. The smallest absolute Gasteiger partial charge is 0.246 e. The molecule has 3 aromatic carbocycles. The lowest BCUT2D eigenvalue weighted by Crippen LogP contribution is -2.62. The van der Waals surface area contributed by atoms with Gasteiger partial charge in [0.15, 0.2) is 15.7 Å². The fourth-order valence-electron chi connectivity index (χ4n) is 10.2. The first-order valence-electron chi connectivity index (χ1n) is 26.6. The number of carbonyl (C=O) groups excluding carboxylic acids is 3. The quantitative estimate of drug-likeness (QED) is 0.0661. The molecule has 0 bridgehead atoms. The molecule has 1 fully saturated rings. The summed E-state index contributed by atoms with van der Waals surface area (Å²) in [6.07, 6.45) is 7.39. The molecule has 77 heavy (non-hydrogen) atoms. The number of piperidine rings is 1. The number of nitrogens with one attached hydrogen (secondary N) is 5. The van der Waals surface area contributed by atoms with Crippen molar-refractivity contribution in [2.75, 3.05) is 37.0 Å². The highest BCUT2D eigenvalue weighted by atomic mass is 32.2. The van der Waals surface area contributed by atoms with Crippen LogP contribution in [0.3, 0.4) is 0 Å². The molecule has 20 heteroatoms. The Bertz CT molecular complexity index is 3290. The molecule has 3 aliphatic rings. The number of anilines is 3. The van der Waals surface area contributed by atoms with Gasteiger partial charge in [-0.15, -0.1) is 0 Å². The van der Waals surface area contributed by atoms with Crippen molar-refractivity contribution in [1.82, 2.24) is 51.0 Å². The second-order valence-electron chi connectivity index (χ2n) is 22.7. The van der Waals surface area contributed by atoms with Crippen LogP contribution in [0.2, 0.25) is 0 Å². The molecule has 5 heterocycles. The van der Waals surface area contributed by atoms with Crippen LogP contribution in [-0.4, -0.2) is 111 Å². The highest BCUT2D eigenvalue weighted by Crippen LogP contribution is 2.39. The molecule has 3 amide bonds. The summed E-state index contributed by atoms with van der Waals surface area (Å²) in [6, 6.07) is 16.5. The van der Waals surface area contributed by atoms with E-state index in [-0.39, 0.29) is 53.3 Å². The Balaban J connectivity index is 0.889. The van der Waals surface area contributed by atoms with Gasteiger partial charge >= 0.3 is 0 Å². The largest absolute Gasteiger partial charge is 0.492 e. The van der Waals surface area contributed by atoms with Crippen LogP contribution in [0.5, 0.6) is 17.4 Å². The summed E-state index contributed by atoms with van der Waals surface area (Å²) in [6.45, 7) is 18.1. The van der Waals surface area contributed by atoms with Crippen molar-refractivity contribution in [3.63, 3.8) is 0 Å². The minimum atomic E-state index is -3.87. The Hall–Kier alpha value is -7.19. The number of sulfone groups is 1. The number of ether oxygens (including phenoxy) is 2. The molecule has 4 atom stereocenters. The van der Waals surface area contributed by atoms with Crippen molar-refractivity contribution < 1.29 is 32.3 Å². The van der Waals surface area contributed by atoms with Crippen molar-refractivity contribution in [2.24, 2.45) is 11.3 Å². The summed E-state index contributed by atoms with van der Waals surface area (Å²) in [4.78, 5) is 64.6. The number of fused-ring (bicyclic) bond motifs is 3. The maximum atomic E-state index is 14.9. The SMILES string of the molecule is CNC(C)C(=O)NC(C(=O)N1Cc2cc(Oc3cc(N4CCC(COc5cc6ncnc(Nc7n[nH]c(C)c7C)c6cc5S(=O)(=O)C(C)(C)C)CC4)ncn3)ccc2C[C@H]1C(=O)N[C@@H]1CCCc2ccccc21)C(C)(C)C. The molecular weight excluding hydrogens is 997 g/mol. The number of rotatable bonds is 15. The third-order valence-corrected chi connectivity index (χ3v) is 17.9. The number of benzene rings is 3. The number of carbonyl (C=O) groups is 3. The van der Waals surface area contributed by atoms with Gasteiger partial charge in [0.2, 0.25) is 23.6 Å². The van der Waals surface area contributed by atoms with Gasteiger partial charge in [0.25, 0.3) is 0 Å². The maximum Gasteiger partial charge on any atom is 0.246 e. The highest BCUT2D eigenvalue weighted by molar-refractivity contribution is 7.92. The third kappa shape index (κ3) is 11.7. The number of aryl methyl sites for hydroxylation is 2. The number of nitrogens with zero attached hydrogens (tertiary/aromatic N) is 7. The minimum Gasteiger partial charge on any atom is -0.492 e. The summed E-state index contributed by atoms with van der Waals surface area (Å²) in [7, 11) is -2.18. The Morgan fingerprint density at radius 3 is 2.34 bits per heavy atom. The predicted molar refractivity (Wildman–Crippen MR) is 295 cm³/mol. The van der Waals surface area contributed by atoms with E-state index in [0.717, 1.165) is 60.1 Å². The Labute approximate surface area is 451 Å². The first-order valence-corrected chi connectivity index (χ1v) is 28.1. The lowest BCUT2D eigenvalue weighted by molar-refractivity contribution is -0.147. The number of aromatic amines is 1. The van der Waals surface area contributed by atoms with Gasteiger partial charge in [-0.05, 0) is 132 Å². The molecule has 408 valence electrons. The van der Waals surface area contributed by atoms with Crippen molar-refractivity contribution in [3.8, 4) is 17.4 Å². The van der Waals surface area contributed by atoms with E-state index in [0.29, 0.717) is 59.7 Å². The Kier molecular flexibility index (Phi) is 15.6. The molecule has 19 nitrogen and oxygen atoms in total. The van der Waals surface area contributed by atoms with Crippen LogP contribution in [0, 0.1) is 25.2 Å². The fourth-order valence-corrected chi connectivity index (χ4v) is 11.5. The second kappa shape index (κ2) is 22.0. The molecule has 2 aliphatic heterocycles. The van der Waals surface area contributed by atoms with Gasteiger partial charge in [0.1, 0.15) is 52.8 Å². The zero-order chi connectivity index (χ0) is 55.0. The number of amides is 3. The first kappa shape index (κ1) is 54.6. The van der Waals surface area contributed by atoms with Crippen molar-refractivity contribution in [1.29, 1.82) is 0 Å². The second-order valence-corrected chi connectivity index (χ2v) is 25.4. The minimum absolute atomic E-state index is 0.0730. The monoisotopic (exact) mass is 1070 g/mol. The van der Waals surface area contributed by atoms with Crippen LogP contribution in [0.25, 0.3) is 10.9 Å². The van der Waals surface area contributed by atoms with Gasteiger partial charge in [-0.25, -0.2) is 28.4 Å². The van der Waals surface area contributed by atoms with Crippen LogP contribution in [0.1, 0.15) is 114 Å². The van der Waals surface area contributed by atoms with E-state index < -0.39 is 38.1 Å². The number of likely N-dealkylation sites (N-methyl/N-ethyl adjacent to an activating group) is 1. The molecule has 3 aromatic heterocycles. The molecular formula is C57H72N12O7S. The van der Waals surface area contributed by atoms with E-state index in [1.807, 2.05) is 65.0 Å². The summed E-state index contributed by atoms with van der Waals surface area (Å²) < 4.78 is 40.0. The number of aromatic nitrogens is 6. The van der Waals surface area contributed by atoms with Crippen LogP contribution >= 0.6 is 0 Å². The molecule has 0 saturated carbocycles. The topological polar surface area (TPSA) is 239 Å². The average Bonchev–Trinajstić information content (AvgIpc) is 3.74. The third-order valence-electron chi connectivity index (χ3n) is 15.4. The van der Waals surface area contributed by atoms with Crippen LogP contribution in [0.4, 0.5) is 17.5 Å². The van der Waals surface area contributed by atoms with E-state index >= 15 is 0 Å². The van der Waals surface area contributed by atoms with E-state index in [4.69, 9.17) is 9.47 Å². The zero-order valence-electron chi connectivity index (χ0n) is 45.8. The van der Waals surface area contributed by atoms with Crippen molar-refractivity contribution >= 4 is 55.9 Å². The van der Waals surface area contributed by atoms with Gasteiger partial charge in [-0.2, -0.15) is 5.10 Å². The molecule has 6 aromatic rings. The Morgan fingerprint density at radius 2 is 1.62 bits per heavy atom. The normalized spacial score (nSPS) is 17.9. The first-order chi connectivity index (χ1) is 36.6. The lowest BCUT2D eigenvalue weighted by atomic mass is 9.83. The molecule has 9 rings (SSSR count). The van der Waals surface area contributed by atoms with Crippen LogP contribution < -0.4 is 35.6 Å². The Morgan fingerprint density at radius 1 is 0.870 bits per heavy atom. The summed E-state index contributed by atoms with van der Waals surface area (Å²) in [5, 5.41) is 20.4. The number of hydrogen-bond donors (Lipinski definition) is 5. The van der Waals surface area contributed by atoms with E-state index in [2.05, 4.69) is 68.4 Å². The zero-order valence-corrected chi connectivity index (χ0v) is 46.6. The molecule has 0 spiro atoms. The van der Waals surface area contributed by atoms with Gasteiger partial charge in [0, 0.05) is 54.8 Å². The van der Waals surface area contributed by atoms with Crippen LogP contribution in [-0.2, 0) is 43.6 Å². The standard InChI is InChI=1S/C57H72N12O7S/c1-33-34(2)66-67-51(33)65-52-42-26-47(77(73,74)57(7,8)9)46(27-44(42)59-31-62-52)75-30-36-20-22-68(23-21-36)48-28-49(61-32-60-48)76-40-19-18-38-25-45(54(71)63-43-17-13-15-37-14-11-12-16-41(37)43)69(29-39(38)24-40)55(72)50(56(4,5)6)64-53(70)35(3)58-10/h11-12,14,16,18-19,24,26-28,31-32,35-36,43,45,50,58H,13,15,17,20-23,25,29-30H2,1-10H3,(H,63,71)(H,64,70)(H2,59,62,65,66,67)/t35?,43-,45+,50?/m1/s1. The molecule has 0 radical (unpaired) electrons. The molecule has 1 saturated heterocycles. The van der Waals surface area contributed by atoms with E-state index in [1.54, 1.807) is 57.8 Å². The lowest BCUT2D eigenvalue weighted by Gasteiger charge is -2.41. The average molecular weight is 1070 g/mol. The van der Waals surface area contributed by atoms with Gasteiger partial charge in [-0.3, -0.25) is 19.5 Å². The fraction of sp³-hybridized carbons (Fsp3) is 0.474. The number of hydrogen-bond acceptors (Lipinski definition) is 15. The summed E-state index contributed by atoms with van der Waals surface area (Å²) in [5.74, 6) is 2.04. The highest BCUT2D eigenvalue weighted by Gasteiger charge is 2.43. The molecule has 1 aliphatic carbocycles. The van der Waals surface area contributed by atoms with E-state index in [1.165, 1.54) is 18.2 Å². The maximum absolute atomic E-state index is 14.9. The van der Waals surface area contributed by atoms with Crippen molar-refractivity contribution in [2.45, 2.75) is 141 Å². The van der Waals surface area contributed by atoms with Crippen molar-refractivity contribution in [3.05, 3.63) is 107 Å². The molecule has 5 N–H and O–H groups in total. The summed E-state index contributed by atoms with van der Waals surface area (Å²) in [5.41, 5.74) is 5.73.